The van der Waals surface area contributed by atoms with Gasteiger partial charge >= 0.3 is 0 Å². The SMILES string of the molecule is Oc1ccc2c(c1)OCC2NC1CC=CC1. The largest absolute Gasteiger partial charge is 0.508 e. The van der Waals surface area contributed by atoms with Crippen LogP contribution in [0.3, 0.4) is 0 Å². The van der Waals surface area contributed by atoms with Crippen molar-refractivity contribution in [2.45, 2.75) is 24.9 Å². The predicted molar refractivity (Wildman–Crippen MR) is 61.6 cm³/mol. The topological polar surface area (TPSA) is 41.5 Å². The van der Waals surface area contributed by atoms with E-state index in [-0.39, 0.29) is 11.8 Å². The van der Waals surface area contributed by atoms with Gasteiger partial charge < -0.3 is 15.2 Å². The minimum atomic E-state index is 0.264. The number of rotatable bonds is 2. The van der Waals surface area contributed by atoms with Crippen LogP contribution in [0.1, 0.15) is 24.4 Å². The lowest BCUT2D eigenvalue weighted by Gasteiger charge is -2.17. The fourth-order valence-electron chi connectivity index (χ4n) is 2.37. The highest BCUT2D eigenvalue weighted by Crippen LogP contribution is 2.35. The fraction of sp³-hybridized carbons (Fsp3) is 0.385. The molecule has 0 saturated carbocycles. The summed E-state index contributed by atoms with van der Waals surface area (Å²) in [7, 11) is 0. The number of benzene rings is 1. The molecule has 1 aromatic carbocycles. The fourth-order valence-corrected chi connectivity index (χ4v) is 2.37. The van der Waals surface area contributed by atoms with E-state index >= 15 is 0 Å². The van der Waals surface area contributed by atoms with Gasteiger partial charge in [0.25, 0.3) is 0 Å². The zero-order valence-corrected chi connectivity index (χ0v) is 9.02. The molecule has 16 heavy (non-hydrogen) atoms. The van der Waals surface area contributed by atoms with Crippen LogP contribution in [0.15, 0.2) is 30.4 Å². The molecule has 2 aliphatic rings. The number of phenolic OH excluding ortho intramolecular Hbond substituents is 1. The van der Waals surface area contributed by atoms with Gasteiger partial charge in [0, 0.05) is 17.7 Å². The molecule has 3 rings (SSSR count). The van der Waals surface area contributed by atoms with Crippen molar-refractivity contribution in [2.75, 3.05) is 6.61 Å². The van der Waals surface area contributed by atoms with E-state index in [1.807, 2.05) is 6.07 Å². The van der Waals surface area contributed by atoms with E-state index in [1.165, 1.54) is 0 Å². The van der Waals surface area contributed by atoms with Crippen molar-refractivity contribution in [1.29, 1.82) is 0 Å². The number of hydrogen-bond donors (Lipinski definition) is 2. The molecule has 2 N–H and O–H groups in total. The Hall–Kier alpha value is -1.48. The number of hydrogen-bond acceptors (Lipinski definition) is 3. The van der Waals surface area contributed by atoms with E-state index in [2.05, 4.69) is 17.5 Å². The Kier molecular flexibility index (Phi) is 2.33. The summed E-state index contributed by atoms with van der Waals surface area (Å²) in [5.41, 5.74) is 1.16. The maximum Gasteiger partial charge on any atom is 0.127 e. The first kappa shape index (κ1) is 9.73. The van der Waals surface area contributed by atoms with Gasteiger partial charge in [-0.2, -0.15) is 0 Å². The van der Waals surface area contributed by atoms with Crippen LogP contribution < -0.4 is 10.1 Å². The maximum atomic E-state index is 9.36. The Morgan fingerprint density at radius 3 is 2.88 bits per heavy atom. The molecule has 0 aromatic heterocycles. The Bertz CT molecular complexity index is 420. The van der Waals surface area contributed by atoms with Gasteiger partial charge in [-0.15, -0.1) is 0 Å². The van der Waals surface area contributed by atoms with Crippen LogP contribution in [0.2, 0.25) is 0 Å². The highest BCUT2D eigenvalue weighted by Gasteiger charge is 2.26. The van der Waals surface area contributed by atoms with Crippen molar-refractivity contribution in [3.8, 4) is 11.5 Å². The minimum absolute atomic E-state index is 0.264. The summed E-state index contributed by atoms with van der Waals surface area (Å²) < 4.78 is 5.56. The van der Waals surface area contributed by atoms with E-state index in [4.69, 9.17) is 4.74 Å². The predicted octanol–water partition coefficient (Wildman–Crippen LogP) is 2.13. The molecule has 0 fully saturated rings. The van der Waals surface area contributed by atoms with E-state index in [0.717, 1.165) is 24.2 Å². The van der Waals surface area contributed by atoms with Crippen molar-refractivity contribution in [3.05, 3.63) is 35.9 Å². The quantitative estimate of drug-likeness (QED) is 0.746. The number of phenols is 1. The van der Waals surface area contributed by atoms with Gasteiger partial charge in [0.1, 0.15) is 18.1 Å². The lowest BCUT2D eigenvalue weighted by Crippen LogP contribution is -2.31. The second-order valence-electron chi connectivity index (χ2n) is 4.39. The molecule has 3 nitrogen and oxygen atoms in total. The standard InChI is InChI=1S/C13H15NO2/c15-10-5-6-11-12(8-16-13(11)7-10)14-9-3-1-2-4-9/h1-2,5-7,9,12,14-15H,3-4,8H2. The van der Waals surface area contributed by atoms with E-state index in [0.29, 0.717) is 12.6 Å². The molecule has 0 bridgehead atoms. The molecule has 1 heterocycles. The first-order valence-electron chi connectivity index (χ1n) is 5.70. The first-order valence-corrected chi connectivity index (χ1v) is 5.70. The van der Waals surface area contributed by atoms with Gasteiger partial charge in [0.15, 0.2) is 0 Å². The Labute approximate surface area is 94.7 Å². The van der Waals surface area contributed by atoms with Crippen LogP contribution in [0.25, 0.3) is 0 Å². The summed E-state index contributed by atoms with van der Waals surface area (Å²) in [5, 5.41) is 12.9. The molecule has 3 heteroatoms. The van der Waals surface area contributed by atoms with Gasteiger partial charge in [-0.3, -0.25) is 0 Å². The Morgan fingerprint density at radius 2 is 2.06 bits per heavy atom. The molecule has 1 aliphatic heterocycles. The molecule has 1 unspecified atom stereocenters. The summed E-state index contributed by atoms with van der Waals surface area (Å²) >= 11 is 0. The van der Waals surface area contributed by atoms with Crippen molar-refractivity contribution in [3.63, 3.8) is 0 Å². The van der Waals surface area contributed by atoms with Gasteiger partial charge in [0.2, 0.25) is 0 Å². The molecular formula is C13H15NO2. The Morgan fingerprint density at radius 1 is 1.25 bits per heavy atom. The lowest BCUT2D eigenvalue weighted by atomic mass is 10.1. The van der Waals surface area contributed by atoms with Crippen molar-refractivity contribution < 1.29 is 9.84 Å². The van der Waals surface area contributed by atoms with Crippen LogP contribution in [-0.4, -0.2) is 17.8 Å². The van der Waals surface area contributed by atoms with Crippen LogP contribution in [-0.2, 0) is 0 Å². The Balaban J connectivity index is 1.75. The van der Waals surface area contributed by atoms with Gasteiger partial charge in [-0.1, -0.05) is 12.2 Å². The van der Waals surface area contributed by atoms with Crippen LogP contribution in [0.4, 0.5) is 0 Å². The average Bonchev–Trinajstić information content (AvgIpc) is 2.89. The number of aromatic hydroxyl groups is 1. The van der Waals surface area contributed by atoms with E-state index in [1.54, 1.807) is 12.1 Å². The molecule has 1 aromatic rings. The molecule has 1 aliphatic carbocycles. The van der Waals surface area contributed by atoms with E-state index < -0.39 is 0 Å². The summed E-state index contributed by atoms with van der Waals surface area (Å²) in [6.07, 6.45) is 6.63. The van der Waals surface area contributed by atoms with Crippen LogP contribution in [0, 0.1) is 0 Å². The summed E-state index contributed by atoms with van der Waals surface area (Å²) in [5.74, 6) is 1.07. The second-order valence-corrected chi connectivity index (χ2v) is 4.39. The molecule has 0 spiro atoms. The smallest absolute Gasteiger partial charge is 0.127 e. The molecule has 0 saturated heterocycles. The zero-order chi connectivity index (χ0) is 11.0. The average molecular weight is 217 g/mol. The number of fused-ring (bicyclic) bond motifs is 1. The summed E-state index contributed by atoms with van der Waals surface area (Å²) in [6.45, 7) is 0.662. The van der Waals surface area contributed by atoms with Crippen molar-refractivity contribution >= 4 is 0 Å². The molecular weight excluding hydrogens is 202 g/mol. The molecule has 0 radical (unpaired) electrons. The highest BCUT2D eigenvalue weighted by atomic mass is 16.5. The zero-order valence-electron chi connectivity index (χ0n) is 9.02. The van der Waals surface area contributed by atoms with Gasteiger partial charge in [-0.05, 0) is 25.0 Å². The van der Waals surface area contributed by atoms with Crippen molar-refractivity contribution in [1.82, 2.24) is 5.32 Å². The van der Waals surface area contributed by atoms with Crippen LogP contribution in [0.5, 0.6) is 11.5 Å². The van der Waals surface area contributed by atoms with E-state index in [9.17, 15) is 5.11 Å². The normalized spacial score (nSPS) is 23.4. The number of ether oxygens (including phenoxy) is 1. The minimum Gasteiger partial charge on any atom is -0.508 e. The third kappa shape index (κ3) is 1.67. The lowest BCUT2D eigenvalue weighted by molar-refractivity contribution is 0.298. The molecule has 1 atom stereocenters. The van der Waals surface area contributed by atoms with Crippen LogP contribution >= 0.6 is 0 Å². The third-order valence-corrected chi connectivity index (χ3v) is 3.22. The highest BCUT2D eigenvalue weighted by molar-refractivity contribution is 5.44. The van der Waals surface area contributed by atoms with Gasteiger partial charge in [-0.25, -0.2) is 0 Å². The van der Waals surface area contributed by atoms with Crippen molar-refractivity contribution in [2.24, 2.45) is 0 Å². The second kappa shape index (κ2) is 3.83. The van der Waals surface area contributed by atoms with Gasteiger partial charge in [0.05, 0.1) is 6.04 Å². The summed E-state index contributed by atoms with van der Waals surface area (Å²) in [6, 6.07) is 6.14. The molecule has 0 amide bonds. The number of nitrogens with one attached hydrogen (secondary N) is 1. The maximum absolute atomic E-state index is 9.36. The monoisotopic (exact) mass is 217 g/mol. The first-order chi connectivity index (χ1) is 7.83. The third-order valence-electron chi connectivity index (χ3n) is 3.22. The molecule has 84 valence electrons. The summed E-state index contributed by atoms with van der Waals surface area (Å²) in [4.78, 5) is 0.